The van der Waals surface area contributed by atoms with Gasteiger partial charge in [0, 0.05) is 5.75 Å². The van der Waals surface area contributed by atoms with Crippen molar-refractivity contribution in [2.24, 2.45) is 0 Å². The van der Waals surface area contributed by atoms with Crippen LogP contribution in [-0.2, 0) is 30.4 Å². The number of thioether (sulfide) groups is 2. The molecule has 1 heterocycles. The molecule has 0 saturated carbocycles. The minimum atomic E-state index is -1.03. The Kier molecular flexibility index (Phi) is 15.4. The van der Waals surface area contributed by atoms with E-state index in [-0.39, 0.29) is 18.0 Å². The van der Waals surface area contributed by atoms with Gasteiger partial charge in [0.25, 0.3) is 5.91 Å². The summed E-state index contributed by atoms with van der Waals surface area (Å²) in [6.07, 6.45) is 1.58. The van der Waals surface area contributed by atoms with Crippen molar-refractivity contribution in [2.45, 2.75) is 56.2 Å². The maximum Gasteiger partial charge on any atom is 0.408 e. The van der Waals surface area contributed by atoms with Gasteiger partial charge in [-0.25, -0.2) is 14.6 Å². The smallest absolute Gasteiger partial charge is 0.408 e. The first kappa shape index (κ1) is 43.0. The zero-order valence-corrected chi connectivity index (χ0v) is 35.1. The first-order valence-electron chi connectivity index (χ1n) is 18.5. The van der Waals surface area contributed by atoms with Crippen LogP contribution >= 0.6 is 34.9 Å². The van der Waals surface area contributed by atoms with E-state index in [1.54, 1.807) is 32.5 Å². The Balaban J connectivity index is 1.46. The zero-order chi connectivity index (χ0) is 40.8. The van der Waals surface area contributed by atoms with Crippen LogP contribution in [0.25, 0.3) is 10.4 Å². The van der Waals surface area contributed by atoms with Gasteiger partial charge in [0.15, 0.2) is 0 Å². The van der Waals surface area contributed by atoms with Gasteiger partial charge in [-0.05, 0) is 61.5 Å². The van der Waals surface area contributed by atoms with Crippen molar-refractivity contribution < 1.29 is 28.7 Å². The molecule has 3 amide bonds. The van der Waals surface area contributed by atoms with Crippen molar-refractivity contribution in [3.8, 4) is 10.4 Å². The summed E-state index contributed by atoms with van der Waals surface area (Å²) in [5, 5.41) is 9.06. The average molecular weight is 825 g/mol. The molecular weight excluding hydrogens is 777 g/mol. The number of thiazole rings is 1. The first-order valence-corrected chi connectivity index (χ1v) is 21.6. The highest BCUT2D eigenvalue weighted by atomic mass is 32.2. The Morgan fingerprint density at radius 1 is 0.754 bits per heavy atom. The third-order valence-electron chi connectivity index (χ3n) is 8.75. The van der Waals surface area contributed by atoms with Crippen molar-refractivity contribution >= 4 is 58.7 Å². The number of ether oxygens (including phenoxy) is 2. The van der Waals surface area contributed by atoms with Crippen LogP contribution in [0, 0.1) is 0 Å². The molecule has 57 heavy (non-hydrogen) atoms. The second-order valence-electron chi connectivity index (χ2n) is 14.0. The van der Waals surface area contributed by atoms with E-state index in [0.717, 1.165) is 22.3 Å². The van der Waals surface area contributed by atoms with Gasteiger partial charge in [-0.1, -0.05) is 121 Å². The highest BCUT2D eigenvalue weighted by Gasteiger charge is 2.39. The second-order valence-corrected chi connectivity index (χ2v) is 17.3. The van der Waals surface area contributed by atoms with E-state index in [2.05, 4.69) is 57.3 Å². The summed E-state index contributed by atoms with van der Waals surface area (Å²) in [6.45, 7) is 5.26. The van der Waals surface area contributed by atoms with E-state index in [0.29, 0.717) is 22.1 Å². The Labute approximate surface area is 346 Å². The number of hydrogen-bond donors (Lipinski definition) is 3. The number of hydrogen-bond acceptors (Lipinski definition) is 10. The number of amides is 3. The fraction of sp³-hybridized carbons (Fsp3) is 0.295. The highest BCUT2D eigenvalue weighted by molar-refractivity contribution is 8.00. The summed E-state index contributed by atoms with van der Waals surface area (Å²) >= 11 is 4.35. The molecule has 0 saturated heterocycles. The van der Waals surface area contributed by atoms with Crippen molar-refractivity contribution in [3.63, 3.8) is 0 Å². The van der Waals surface area contributed by atoms with Gasteiger partial charge in [0.05, 0.1) is 23.3 Å². The number of aromatic nitrogens is 1. The molecule has 5 aromatic rings. The van der Waals surface area contributed by atoms with E-state index in [1.165, 1.54) is 30.2 Å². The van der Waals surface area contributed by atoms with Crippen molar-refractivity contribution in [3.05, 3.63) is 149 Å². The third-order valence-corrected chi connectivity index (χ3v) is 12.1. The molecule has 1 aromatic heterocycles. The molecule has 0 spiro atoms. The topological polar surface area (TPSA) is 136 Å². The van der Waals surface area contributed by atoms with Crippen LogP contribution in [0.2, 0.25) is 0 Å². The summed E-state index contributed by atoms with van der Waals surface area (Å²) in [5.41, 5.74) is 3.12. The average Bonchev–Trinajstić information content (AvgIpc) is 3.66. The molecule has 0 bridgehead atoms. The number of esters is 1. The van der Waals surface area contributed by atoms with E-state index >= 15 is 0 Å². The number of nitrogens with zero attached hydrogens (tertiary/aromatic N) is 1. The number of methoxy groups -OCH3 is 1. The Bertz CT molecular complexity index is 1980. The first-order chi connectivity index (χ1) is 27.4. The van der Waals surface area contributed by atoms with Gasteiger partial charge in [0.1, 0.15) is 28.4 Å². The standard InChI is InChI=1S/C44H48N4O6S3/c1-43(2,3)54-42(52)47-35(29-56-44(31-20-12-7-13-21-31,32-22-14-8-15-23-32)33-24-16-9-17-25-33)39(49)45-28-36-48-37(38(57-36)30-18-10-6-11-19-30)40(50)46-34(26-27-55-5)41(51)53-4/h6-25,34-35H,26-29H2,1-5H3,(H,45,49)(H,46,50)(H,47,52)/t34-,35-/m0/s1. The van der Waals surface area contributed by atoms with Gasteiger partial charge >= 0.3 is 12.1 Å². The molecule has 0 fully saturated rings. The Hall–Kier alpha value is -5.11. The van der Waals surface area contributed by atoms with Crippen LogP contribution in [0.5, 0.6) is 0 Å². The molecule has 0 aliphatic carbocycles. The zero-order valence-electron chi connectivity index (χ0n) is 32.7. The van der Waals surface area contributed by atoms with Gasteiger partial charge < -0.3 is 25.4 Å². The molecule has 13 heteroatoms. The summed E-state index contributed by atoms with van der Waals surface area (Å²) in [6, 6.07) is 37.7. The number of nitrogens with one attached hydrogen (secondary N) is 3. The lowest BCUT2D eigenvalue weighted by atomic mass is 9.84. The molecule has 2 atom stereocenters. The van der Waals surface area contributed by atoms with Crippen LogP contribution in [0.4, 0.5) is 4.79 Å². The van der Waals surface area contributed by atoms with E-state index in [1.807, 2.05) is 91.2 Å². The molecule has 0 radical (unpaired) electrons. The fourth-order valence-corrected chi connectivity index (χ4v) is 9.17. The van der Waals surface area contributed by atoms with Gasteiger partial charge in [-0.2, -0.15) is 11.8 Å². The molecule has 4 aromatic carbocycles. The molecule has 0 aliphatic rings. The molecule has 298 valence electrons. The van der Waals surface area contributed by atoms with Crippen LogP contribution in [-0.4, -0.2) is 71.4 Å². The van der Waals surface area contributed by atoms with Crippen LogP contribution in [0.3, 0.4) is 0 Å². The van der Waals surface area contributed by atoms with Gasteiger partial charge in [-0.3, -0.25) is 9.59 Å². The summed E-state index contributed by atoms with van der Waals surface area (Å²) < 4.78 is 9.82. The van der Waals surface area contributed by atoms with Crippen LogP contribution in [0.1, 0.15) is 59.4 Å². The van der Waals surface area contributed by atoms with Gasteiger partial charge in [-0.15, -0.1) is 23.1 Å². The van der Waals surface area contributed by atoms with E-state index in [9.17, 15) is 19.2 Å². The van der Waals surface area contributed by atoms with Crippen LogP contribution < -0.4 is 16.0 Å². The normalized spacial score (nSPS) is 12.5. The Morgan fingerprint density at radius 2 is 1.28 bits per heavy atom. The van der Waals surface area contributed by atoms with Crippen molar-refractivity contribution in [1.29, 1.82) is 0 Å². The van der Waals surface area contributed by atoms with Crippen molar-refractivity contribution in [1.82, 2.24) is 20.9 Å². The number of rotatable bonds is 17. The third kappa shape index (κ3) is 11.5. The molecule has 0 unspecified atom stereocenters. The molecule has 5 rings (SSSR count). The minimum Gasteiger partial charge on any atom is -0.467 e. The monoisotopic (exact) mass is 824 g/mol. The van der Waals surface area contributed by atoms with Crippen molar-refractivity contribution in [2.75, 3.05) is 24.9 Å². The lowest BCUT2D eigenvalue weighted by Gasteiger charge is -2.36. The largest absolute Gasteiger partial charge is 0.467 e. The number of benzene rings is 4. The molecular formula is C44H48N4O6S3. The lowest BCUT2D eigenvalue weighted by molar-refractivity contribution is -0.142. The highest BCUT2D eigenvalue weighted by Crippen LogP contribution is 2.48. The van der Waals surface area contributed by atoms with Crippen LogP contribution in [0.15, 0.2) is 121 Å². The quantitative estimate of drug-likeness (QED) is 0.0629. The van der Waals surface area contributed by atoms with Gasteiger partial charge in [0.2, 0.25) is 5.91 Å². The SMILES string of the molecule is COC(=O)[C@H](CCSC)NC(=O)c1nc(CNC(=O)[C@H](CSC(c2ccccc2)(c2ccccc2)c2ccccc2)NC(=O)OC(C)(C)C)sc1-c1ccccc1. The predicted octanol–water partition coefficient (Wildman–Crippen LogP) is 8.07. The summed E-state index contributed by atoms with van der Waals surface area (Å²) in [5.74, 6) is -0.727. The number of alkyl carbamates (subject to hydrolysis) is 1. The molecule has 3 N–H and O–H groups in total. The van der Waals surface area contributed by atoms with E-state index in [4.69, 9.17) is 9.47 Å². The number of carbonyl (C=O) groups is 4. The van der Waals surface area contributed by atoms with E-state index < -0.39 is 46.3 Å². The molecule has 10 nitrogen and oxygen atoms in total. The number of carbonyl (C=O) groups excluding carboxylic acids is 4. The Morgan fingerprint density at radius 3 is 1.77 bits per heavy atom. The lowest BCUT2D eigenvalue weighted by Crippen LogP contribution is -2.50. The maximum atomic E-state index is 14.2. The maximum absolute atomic E-state index is 14.2. The second kappa shape index (κ2) is 20.4. The summed E-state index contributed by atoms with van der Waals surface area (Å²) in [7, 11) is 1.29. The summed E-state index contributed by atoms with van der Waals surface area (Å²) in [4.78, 5) is 59.0. The molecule has 0 aliphatic heterocycles. The predicted molar refractivity (Wildman–Crippen MR) is 230 cm³/mol. The fourth-order valence-electron chi connectivity index (χ4n) is 6.13. The minimum absolute atomic E-state index is 0.0259.